The van der Waals surface area contributed by atoms with Crippen molar-refractivity contribution in [2.45, 2.75) is 17.8 Å². The fraction of sp³-hybridized carbons (Fsp3) is 0.833. The van der Waals surface area contributed by atoms with Crippen LogP contribution in [-0.2, 0) is 4.79 Å². The molecular formula is C6H12O7. The summed E-state index contributed by atoms with van der Waals surface area (Å²) >= 11 is 0. The molecule has 0 saturated heterocycles. The Labute approximate surface area is 73.5 Å². The molecule has 0 spiro atoms. The van der Waals surface area contributed by atoms with E-state index in [0.29, 0.717) is 0 Å². The van der Waals surface area contributed by atoms with Gasteiger partial charge in [0.05, 0.1) is 13.2 Å². The van der Waals surface area contributed by atoms with E-state index in [9.17, 15) is 4.79 Å². The predicted octanol–water partition coefficient (Wildman–Crippen LogP) is -3.49. The topological polar surface area (TPSA) is 138 Å². The zero-order valence-electron chi connectivity index (χ0n) is 6.66. The molecule has 7 heteroatoms. The highest BCUT2D eigenvalue weighted by atomic mass is 16.4. The van der Waals surface area contributed by atoms with E-state index in [2.05, 4.69) is 0 Å². The van der Waals surface area contributed by atoms with E-state index in [1.54, 1.807) is 0 Å². The quantitative estimate of drug-likeness (QED) is 0.268. The Morgan fingerprint density at radius 1 is 1.31 bits per heavy atom. The number of aliphatic hydroxyl groups excluding tert-OH is 4. The maximum absolute atomic E-state index is 10.4. The molecule has 0 aliphatic heterocycles. The standard InChI is InChI=1S/C6H12O7/c7-1-3(9)4(10)6(13,2-8)5(11)12/h3-4,7-10,13H,1-2H2,(H,11,12). The van der Waals surface area contributed by atoms with Crippen LogP contribution in [0.1, 0.15) is 0 Å². The van der Waals surface area contributed by atoms with Crippen molar-refractivity contribution >= 4 is 5.97 Å². The average molecular weight is 196 g/mol. The summed E-state index contributed by atoms with van der Waals surface area (Å²) in [5, 5.41) is 52.1. The highest BCUT2D eigenvalue weighted by molar-refractivity contribution is 5.78. The molecule has 0 rings (SSSR count). The molecule has 0 saturated carbocycles. The van der Waals surface area contributed by atoms with E-state index < -0.39 is 37.0 Å². The van der Waals surface area contributed by atoms with Crippen LogP contribution in [0.25, 0.3) is 0 Å². The van der Waals surface area contributed by atoms with E-state index in [0.717, 1.165) is 0 Å². The zero-order chi connectivity index (χ0) is 10.6. The summed E-state index contributed by atoms with van der Waals surface area (Å²) < 4.78 is 0. The first kappa shape index (κ1) is 12.3. The molecule has 7 nitrogen and oxygen atoms in total. The molecule has 13 heavy (non-hydrogen) atoms. The zero-order valence-corrected chi connectivity index (χ0v) is 6.66. The van der Waals surface area contributed by atoms with E-state index in [-0.39, 0.29) is 0 Å². The Hall–Kier alpha value is -0.730. The minimum atomic E-state index is -2.86. The van der Waals surface area contributed by atoms with E-state index in [1.807, 2.05) is 0 Å². The largest absolute Gasteiger partial charge is 0.479 e. The molecule has 0 radical (unpaired) electrons. The van der Waals surface area contributed by atoms with Gasteiger partial charge in [-0.25, -0.2) is 4.79 Å². The SMILES string of the molecule is O=C(O)C(O)(CO)C(O)C(O)CO. The fourth-order valence-electron chi connectivity index (χ4n) is 0.706. The number of rotatable bonds is 5. The molecule has 78 valence electrons. The summed E-state index contributed by atoms with van der Waals surface area (Å²) in [6, 6.07) is 0. The van der Waals surface area contributed by atoms with Gasteiger partial charge in [-0.05, 0) is 0 Å². The van der Waals surface area contributed by atoms with Crippen molar-refractivity contribution in [1.82, 2.24) is 0 Å². The van der Waals surface area contributed by atoms with Crippen LogP contribution in [-0.4, -0.2) is 67.6 Å². The van der Waals surface area contributed by atoms with Gasteiger partial charge in [0, 0.05) is 0 Å². The average Bonchev–Trinajstić information content (AvgIpc) is 2.13. The smallest absolute Gasteiger partial charge is 0.341 e. The molecule has 0 aromatic heterocycles. The van der Waals surface area contributed by atoms with Gasteiger partial charge < -0.3 is 30.6 Å². The normalized spacial score (nSPS) is 20.4. The van der Waals surface area contributed by atoms with Gasteiger partial charge in [-0.15, -0.1) is 0 Å². The Bertz CT molecular complexity index is 182. The van der Waals surface area contributed by atoms with Crippen LogP contribution in [0.4, 0.5) is 0 Å². The van der Waals surface area contributed by atoms with Crippen LogP contribution in [0, 0.1) is 0 Å². The second-order valence-corrected chi connectivity index (χ2v) is 2.58. The summed E-state index contributed by atoms with van der Waals surface area (Å²) in [7, 11) is 0. The lowest BCUT2D eigenvalue weighted by atomic mass is 9.94. The van der Waals surface area contributed by atoms with E-state index in [4.69, 9.17) is 30.6 Å². The van der Waals surface area contributed by atoms with Crippen LogP contribution >= 0.6 is 0 Å². The third-order valence-corrected chi connectivity index (χ3v) is 1.65. The van der Waals surface area contributed by atoms with Gasteiger partial charge >= 0.3 is 5.97 Å². The van der Waals surface area contributed by atoms with Crippen LogP contribution in [0.5, 0.6) is 0 Å². The van der Waals surface area contributed by atoms with Crippen molar-refractivity contribution in [3.05, 3.63) is 0 Å². The lowest BCUT2D eigenvalue weighted by molar-refractivity contribution is -0.191. The van der Waals surface area contributed by atoms with Crippen LogP contribution in [0.3, 0.4) is 0 Å². The van der Waals surface area contributed by atoms with Crippen molar-refractivity contribution in [2.75, 3.05) is 13.2 Å². The summed E-state index contributed by atoms with van der Waals surface area (Å²) in [4.78, 5) is 10.4. The number of hydrogen-bond acceptors (Lipinski definition) is 6. The number of aliphatic hydroxyl groups is 5. The summed E-state index contributed by atoms with van der Waals surface area (Å²) in [6.45, 7) is -2.18. The summed E-state index contributed by atoms with van der Waals surface area (Å²) in [5.41, 5.74) is -2.86. The molecule has 0 aromatic carbocycles. The van der Waals surface area contributed by atoms with Crippen LogP contribution in [0.15, 0.2) is 0 Å². The second kappa shape index (κ2) is 4.49. The fourth-order valence-corrected chi connectivity index (χ4v) is 0.706. The highest BCUT2D eigenvalue weighted by Gasteiger charge is 2.46. The molecule has 0 fully saturated rings. The highest BCUT2D eigenvalue weighted by Crippen LogP contribution is 2.13. The van der Waals surface area contributed by atoms with Crippen molar-refractivity contribution in [3.63, 3.8) is 0 Å². The van der Waals surface area contributed by atoms with Crippen molar-refractivity contribution < 1.29 is 35.4 Å². The second-order valence-electron chi connectivity index (χ2n) is 2.58. The predicted molar refractivity (Wildman–Crippen MR) is 38.8 cm³/mol. The molecule has 0 aliphatic rings. The number of carbonyl (C=O) groups is 1. The maximum atomic E-state index is 10.4. The summed E-state index contributed by atoms with van der Waals surface area (Å²) in [6.07, 6.45) is -3.98. The van der Waals surface area contributed by atoms with Crippen LogP contribution in [0.2, 0.25) is 0 Å². The Morgan fingerprint density at radius 3 is 2.00 bits per heavy atom. The molecule has 0 aromatic rings. The Morgan fingerprint density at radius 2 is 1.77 bits per heavy atom. The number of carboxylic acid groups (broad SMARTS) is 1. The summed E-state index contributed by atoms with van der Waals surface area (Å²) in [5.74, 6) is -1.88. The Balaban J connectivity index is 4.65. The molecule has 0 amide bonds. The number of aliphatic carboxylic acids is 1. The van der Waals surface area contributed by atoms with E-state index in [1.165, 1.54) is 0 Å². The molecule has 0 heterocycles. The molecular weight excluding hydrogens is 184 g/mol. The van der Waals surface area contributed by atoms with Crippen molar-refractivity contribution in [2.24, 2.45) is 0 Å². The lowest BCUT2D eigenvalue weighted by Gasteiger charge is -2.29. The van der Waals surface area contributed by atoms with E-state index >= 15 is 0 Å². The Kier molecular flexibility index (Phi) is 4.24. The van der Waals surface area contributed by atoms with Gasteiger partial charge in [0.1, 0.15) is 12.2 Å². The van der Waals surface area contributed by atoms with Gasteiger partial charge in [0.25, 0.3) is 0 Å². The molecule has 0 aliphatic carbocycles. The van der Waals surface area contributed by atoms with Gasteiger partial charge in [0.15, 0.2) is 0 Å². The molecule has 3 atom stereocenters. The minimum absolute atomic E-state index is 0.920. The third kappa shape index (κ3) is 2.36. The van der Waals surface area contributed by atoms with Crippen molar-refractivity contribution in [3.8, 4) is 0 Å². The van der Waals surface area contributed by atoms with Gasteiger partial charge in [-0.1, -0.05) is 0 Å². The number of carboxylic acids is 1. The first-order valence-electron chi connectivity index (χ1n) is 3.43. The van der Waals surface area contributed by atoms with Gasteiger partial charge in [-0.3, -0.25) is 0 Å². The lowest BCUT2D eigenvalue weighted by Crippen LogP contribution is -2.58. The first-order chi connectivity index (χ1) is 5.90. The molecule has 0 bridgehead atoms. The van der Waals surface area contributed by atoms with Crippen LogP contribution < -0.4 is 0 Å². The van der Waals surface area contributed by atoms with Gasteiger partial charge in [0.2, 0.25) is 5.60 Å². The third-order valence-electron chi connectivity index (χ3n) is 1.65. The van der Waals surface area contributed by atoms with Crippen molar-refractivity contribution in [1.29, 1.82) is 0 Å². The number of hydrogen-bond donors (Lipinski definition) is 6. The molecule has 3 unspecified atom stereocenters. The monoisotopic (exact) mass is 196 g/mol. The minimum Gasteiger partial charge on any atom is -0.479 e. The first-order valence-corrected chi connectivity index (χ1v) is 3.43. The van der Waals surface area contributed by atoms with Gasteiger partial charge in [-0.2, -0.15) is 0 Å². The molecule has 6 N–H and O–H groups in total. The maximum Gasteiger partial charge on any atom is 0.341 e.